The molecule has 3 nitrogen and oxygen atoms in total. The number of ether oxygens (including phenoxy) is 1. The van der Waals surface area contributed by atoms with Crippen LogP contribution in [-0.2, 0) is 11.2 Å². The van der Waals surface area contributed by atoms with Gasteiger partial charge in [0.2, 0.25) is 5.91 Å². The molecule has 0 spiro atoms. The fourth-order valence-corrected chi connectivity index (χ4v) is 1.54. The van der Waals surface area contributed by atoms with Crippen molar-refractivity contribution in [2.75, 3.05) is 13.7 Å². The third-order valence-corrected chi connectivity index (χ3v) is 2.51. The molecule has 0 heterocycles. The molecule has 0 fully saturated rings. The third kappa shape index (κ3) is 4.31. The minimum atomic E-state index is 0.0257. The van der Waals surface area contributed by atoms with E-state index >= 15 is 0 Å². The minimum Gasteiger partial charge on any atom is -0.496 e. The van der Waals surface area contributed by atoms with Gasteiger partial charge in [-0.15, -0.1) is 6.58 Å². The van der Waals surface area contributed by atoms with Crippen molar-refractivity contribution in [3.05, 3.63) is 42.0 Å². The molecule has 0 aromatic heterocycles. The molecule has 0 aliphatic heterocycles. The van der Waals surface area contributed by atoms with Crippen LogP contribution in [0.3, 0.4) is 0 Å². The molecule has 1 aromatic carbocycles. The van der Waals surface area contributed by atoms with E-state index in [9.17, 15) is 4.79 Å². The molecule has 92 valence electrons. The summed E-state index contributed by atoms with van der Waals surface area (Å²) in [5.41, 5.74) is 2.03. The zero-order valence-corrected chi connectivity index (χ0v) is 10.5. The Morgan fingerprint density at radius 3 is 2.94 bits per heavy atom. The summed E-state index contributed by atoms with van der Waals surface area (Å²) < 4.78 is 5.22. The first-order chi connectivity index (χ1) is 8.17. The average Bonchev–Trinajstić information content (AvgIpc) is 2.32. The second-order valence-corrected chi connectivity index (χ2v) is 3.91. The summed E-state index contributed by atoms with van der Waals surface area (Å²) in [6.45, 7) is 6.23. The monoisotopic (exact) mass is 233 g/mol. The number of carbonyl (C=O) groups is 1. The fraction of sp³-hybridized carbons (Fsp3) is 0.357. The molecule has 0 aliphatic carbocycles. The van der Waals surface area contributed by atoms with Crippen LogP contribution in [0.1, 0.15) is 17.5 Å². The van der Waals surface area contributed by atoms with E-state index in [4.69, 9.17) is 4.74 Å². The van der Waals surface area contributed by atoms with Gasteiger partial charge < -0.3 is 10.1 Å². The van der Waals surface area contributed by atoms with E-state index in [0.29, 0.717) is 13.0 Å². The molecule has 0 unspecified atom stereocenters. The summed E-state index contributed by atoms with van der Waals surface area (Å²) in [7, 11) is 1.64. The van der Waals surface area contributed by atoms with Crippen molar-refractivity contribution in [1.82, 2.24) is 5.32 Å². The van der Waals surface area contributed by atoms with Crippen LogP contribution >= 0.6 is 0 Å². The second kappa shape index (κ2) is 6.74. The highest BCUT2D eigenvalue weighted by Gasteiger charge is 2.05. The summed E-state index contributed by atoms with van der Waals surface area (Å²) in [5.74, 6) is 0.846. The van der Waals surface area contributed by atoms with Crippen molar-refractivity contribution in [3.63, 3.8) is 0 Å². The average molecular weight is 233 g/mol. The van der Waals surface area contributed by atoms with E-state index in [-0.39, 0.29) is 5.91 Å². The fourth-order valence-electron chi connectivity index (χ4n) is 1.54. The maximum atomic E-state index is 11.6. The first-order valence-corrected chi connectivity index (χ1v) is 5.68. The number of amides is 1. The quantitative estimate of drug-likeness (QED) is 0.604. The SMILES string of the molecule is C=CCCNC(=O)Cc1ccc(C)c(OC)c1. The predicted octanol–water partition coefficient (Wildman–Crippen LogP) is 2.24. The van der Waals surface area contributed by atoms with Crippen LogP contribution in [0.4, 0.5) is 0 Å². The van der Waals surface area contributed by atoms with Crippen molar-refractivity contribution >= 4 is 5.91 Å². The van der Waals surface area contributed by atoms with Crippen molar-refractivity contribution in [2.24, 2.45) is 0 Å². The van der Waals surface area contributed by atoms with Gasteiger partial charge >= 0.3 is 0 Å². The predicted molar refractivity (Wildman–Crippen MR) is 69.3 cm³/mol. The maximum Gasteiger partial charge on any atom is 0.224 e. The number of hydrogen-bond acceptors (Lipinski definition) is 2. The third-order valence-electron chi connectivity index (χ3n) is 2.51. The molecule has 0 bridgehead atoms. The van der Waals surface area contributed by atoms with Crippen LogP contribution in [0, 0.1) is 6.92 Å². The molecular weight excluding hydrogens is 214 g/mol. The van der Waals surface area contributed by atoms with Crippen molar-refractivity contribution in [1.29, 1.82) is 0 Å². The van der Waals surface area contributed by atoms with E-state index in [1.165, 1.54) is 0 Å². The first-order valence-electron chi connectivity index (χ1n) is 5.68. The van der Waals surface area contributed by atoms with Crippen LogP contribution in [0.5, 0.6) is 5.75 Å². The number of aryl methyl sites for hydroxylation is 1. The van der Waals surface area contributed by atoms with Gasteiger partial charge in [-0.25, -0.2) is 0 Å². The highest BCUT2D eigenvalue weighted by Crippen LogP contribution is 2.19. The molecule has 0 atom stereocenters. The Kier molecular flexibility index (Phi) is 5.27. The highest BCUT2D eigenvalue weighted by molar-refractivity contribution is 5.78. The zero-order chi connectivity index (χ0) is 12.7. The van der Waals surface area contributed by atoms with Crippen LogP contribution in [0.15, 0.2) is 30.9 Å². The minimum absolute atomic E-state index is 0.0257. The van der Waals surface area contributed by atoms with Gasteiger partial charge in [0.25, 0.3) is 0 Å². The summed E-state index contributed by atoms with van der Waals surface area (Å²) in [6.07, 6.45) is 2.96. The van der Waals surface area contributed by atoms with Gasteiger partial charge in [-0.2, -0.15) is 0 Å². The molecule has 1 aromatic rings. The lowest BCUT2D eigenvalue weighted by atomic mass is 10.1. The zero-order valence-electron chi connectivity index (χ0n) is 10.5. The lowest BCUT2D eigenvalue weighted by molar-refractivity contribution is -0.120. The Bertz CT molecular complexity index is 399. The Morgan fingerprint density at radius 2 is 2.29 bits per heavy atom. The molecular formula is C14H19NO2. The van der Waals surface area contributed by atoms with E-state index in [2.05, 4.69) is 11.9 Å². The number of rotatable bonds is 6. The lowest BCUT2D eigenvalue weighted by Gasteiger charge is -2.08. The van der Waals surface area contributed by atoms with E-state index in [0.717, 1.165) is 23.3 Å². The highest BCUT2D eigenvalue weighted by atomic mass is 16.5. The molecule has 0 saturated carbocycles. The normalized spacial score (nSPS) is 9.76. The smallest absolute Gasteiger partial charge is 0.224 e. The topological polar surface area (TPSA) is 38.3 Å². The van der Waals surface area contributed by atoms with E-state index < -0.39 is 0 Å². The Hall–Kier alpha value is -1.77. The number of methoxy groups -OCH3 is 1. The molecule has 0 radical (unpaired) electrons. The standard InChI is InChI=1S/C14H19NO2/c1-4-5-8-15-14(16)10-12-7-6-11(2)13(9-12)17-3/h4,6-7,9H,1,5,8,10H2,2-3H3,(H,15,16). The lowest BCUT2D eigenvalue weighted by Crippen LogP contribution is -2.25. The Balaban J connectivity index is 2.56. The molecule has 1 rings (SSSR count). The van der Waals surface area contributed by atoms with E-state index in [1.54, 1.807) is 13.2 Å². The Labute approximate surface area is 102 Å². The van der Waals surface area contributed by atoms with Gasteiger partial charge in [0.1, 0.15) is 5.75 Å². The van der Waals surface area contributed by atoms with Gasteiger partial charge in [-0.3, -0.25) is 4.79 Å². The summed E-state index contributed by atoms with van der Waals surface area (Å²) in [6, 6.07) is 5.82. The van der Waals surface area contributed by atoms with Crippen LogP contribution < -0.4 is 10.1 Å². The largest absolute Gasteiger partial charge is 0.496 e. The van der Waals surface area contributed by atoms with Gasteiger partial charge in [0, 0.05) is 6.54 Å². The Morgan fingerprint density at radius 1 is 1.53 bits per heavy atom. The molecule has 3 heteroatoms. The number of hydrogen-bond donors (Lipinski definition) is 1. The van der Waals surface area contributed by atoms with Crippen LogP contribution in [-0.4, -0.2) is 19.6 Å². The molecule has 1 N–H and O–H groups in total. The summed E-state index contributed by atoms with van der Waals surface area (Å²) in [5, 5.41) is 2.83. The number of nitrogens with one attached hydrogen (secondary N) is 1. The van der Waals surface area contributed by atoms with Gasteiger partial charge in [-0.05, 0) is 30.5 Å². The van der Waals surface area contributed by atoms with Gasteiger partial charge in [0.15, 0.2) is 0 Å². The summed E-state index contributed by atoms with van der Waals surface area (Å²) >= 11 is 0. The van der Waals surface area contributed by atoms with Crippen LogP contribution in [0.25, 0.3) is 0 Å². The first kappa shape index (κ1) is 13.3. The number of carbonyl (C=O) groups excluding carboxylic acids is 1. The van der Waals surface area contributed by atoms with Gasteiger partial charge in [0.05, 0.1) is 13.5 Å². The van der Waals surface area contributed by atoms with Crippen LogP contribution in [0.2, 0.25) is 0 Å². The molecule has 0 saturated heterocycles. The maximum absolute atomic E-state index is 11.6. The summed E-state index contributed by atoms with van der Waals surface area (Å²) in [4.78, 5) is 11.6. The second-order valence-electron chi connectivity index (χ2n) is 3.91. The van der Waals surface area contributed by atoms with Crippen molar-refractivity contribution in [2.45, 2.75) is 19.8 Å². The molecule has 0 aliphatic rings. The number of benzene rings is 1. The van der Waals surface area contributed by atoms with Crippen molar-refractivity contribution in [3.8, 4) is 5.75 Å². The molecule has 17 heavy (non-hydrogen) atoms. The van der Waals surface area contributed by atoms with E-state index in [1.807, 2.05) is 25.1 Å². The molecule has 1 amide bonds. The van der Waals surface area contributed by atoms with Crippen molar-refractivity contribution < 1.29 is 9.53 Å². The van der Waals surface area contributed by atoms with Gasteiger partial charge in [-0.1, -0.05) is 18.2 Å².